The molecule has 2 N–H and O–H groups in total. The molecule has 1 aromatic rings. The fraction of sp³-hybridized carbons (Fsp3) is 0.778. The van der Waals surface area contributed by atoms with E-state index in [1.807, 2.05) is 0 Å². The van der Waals surface area contributed by atoms with Crippen molar-refractivity contribution >= 4 is 0 Å². The maximum atomic E-state index is 5.53. The Labute approximate surface area is 83.3 Å². The van der Waals surface area contributed by atoms with E-state index in [0.29, 0.717) is 24.9 Å². The third-order valence-corrected chi connectivity index (χ3v) is 2.65. The van der Waals surface area contributed by atoms with Crippen LogP contribution >= 0.6 is 0 Å². The summed E-state index contributed by atoms with van der Waals surface area (Å²) in [5.41, 5.74) is 5.41. The molecule has 0 radical (unpaired) electrons. The SMILES string of the molecule is CN1CCCC1c1nnc(CCN)o1. The van der Waals surface area contributed by atoms with Crippen LogP contribution in [-0.4, -0.2) is 35.2 Å². The number of aromatic nitrogens is 2. The Kier molecular flexibility index (Phi) is 2.79. The minimum absolute atomic E-state index is 0.314. The van der Waals surface area contributed by atoms with Crippen LogP contribution in [0.1, 0.15) is 30.7 Å². The van der Waals surface area contributed by atoms with Crippen molar-refractivity contribution in [3.8, 4) is 0 Å². The quantitative estimate of drug-likeness (QED) is 0.755. The van der Waals surface area contributed by atoms with Crippen molar-refractivity contribution in [1.82, 2.24) is 15.1 Å². The molecule has 1 fully saturated rings. The van der Waals surface area contributed by atoms with E-state index >= 15 is 0 Å². The van der Waals surface area contributed by atoms with Crippen LogP contribution < -0.4 is 5.73 Å². The van der Waals surface area contributed by atoms with Crippen molar-refractivity contribution in [1.29, 1.82) is 0 Å². The summed E-state index contributed by atoms with van der Waals surface area (Å²) in [5.74, 6) is 1.40. The van der Waals surface area contributed by atoms with Crippen molar-refractivity contribution < 1.29 is 4.42 Å². The van der Waals surface area contributed by atoms with Gasteiger partial charge in [0.05, 0.1) is 6.04 Å². The van der Waals surface area contributed by atoms with Gasteiger partial charge in [-0.1, -0.05) is 0 Å². The molecular weight excluding hydrogens is 180 g/mol. The van der Waals surface area contributed by atoms with Crippen molar-refractivity contribution in [2.24, 2.45) is 5.73 Å². The summed E-state index contributed by atoms with van der Waals surface area (Å²) >= 11 is 0. The first kappa shape index (κ1) is 9.61. The van der Waals surface area contributed by atoms with Gasteiger partial charge in [-0.3, -0.25) is 4.90 Å². The maximum Gasteiger partial charge on any atom is 0.233 e. The van der Waals surface area contributed by atoms with Crippen molar-refractivity contribution in [3.63, 3.8) is 0 Å². The van der Waals surface area contributed by atoms with Crippen molar-refractivity contribution in [2.45, 2.75) is 25.3 Å². The number of hydrogen-bond acceptors (Lipinski definition) is 5. The van der Waals surface area contributed by atoms with E-state index in [4.69, 9.17) is 10.2 Å². The third-order valence-electron chi connectivity index (χ3n) is 2.65. The molecule has 0 bridgehead atoms. The van der Waals surface area contributed by atoms with E-state index in [-0.39, 0.29) is 0 Å². The van der Waals surface area contributed by atoms with E-state index in [1.54, 1.807) is 0 Å². The summed E-state index contributed by atoms with van der Waals surface area (Å²) < 4.78 is 5.53. The van der Waals surface area contributed by atoms with Gasteiger partial charge >= 0.3 is 0 Å². The zero-order chi connectivity index (χ0) is 9.97. The van der Waals surface area contributed by atoms with Crippen LogP contribution in [0.5, 0.6) is 0 Å². The zero-order valence-electron chi connectivity index (χ0n) is 8.44. The molecule has 1 unspecified atom stereocenters. The van der Waals surface area contributed by atoms with Gasteiger partial charge in [0.25, 0.3) is 0 Å². The van der Waals surface area contributed by atoms with Gasteiger partial charge in [0, 0.05) is 13.0 Å². The van der Waals surface area contributed by atoms with Crippen LogP contribution in [0.3, 0.4) is 0 Å². The lowest BCUT2D eigenvalue weighted by molar-refractivity contribution is 0.263. The second kappa shape index (κ2) is 4.06. The zero-order valence-corrected chi connectivity index (χ0v) is 8.44. The second-order valence-corrected chi connectivity index (χ2v) is 3.71. The standard InChI is InChI=1S/C9H16N4O/c1-13-6-2-3-7(13)9-12-11-8(14-9)4-5-10/h7H,2-6,10H2,1H3. The van der Waals surface area contributed by atoms with Gasteiger partial charge in [-0.15, -0.1) is 10.2 Å². The van der Waals surface area contributed by atoms with Gasteiger partial charge in [-0.2, -0.15) is 0 Å². The highest BCUT2D eigenvalue weighted by atomic mass is 16.4. The highest BCUT2D eigenvalue weighted by Gasteiger charge is 2.27. The average Bonchev–Trinajstić information content (AvgIpc) is 2.74. The summed E-state index contributed by atoms with van der Waals surface area (Å²) in [4.78, 5) is 2.25. The number of hydrogen-bond donors (Lipinski definition) is 1. The molecule has 1 saturated heterocycles. The first-order valence-corrected chi connectivity index (χ1v) is 5.04. The summed E-state index contributed by atoms with van der Waals surface area (Å²) in [6, 6.07) is 0.314. The molecule has 1 aromatic heterocycles. The normalized spacial score (nSPS) is 23.1. The Morgan fingerprint density at radius 2 is 2.43 bits per heavy atom. The van der Waals surface area contributed by atoms with Gasteiger partial charge in [-0.25, -0.2) is 0 Å². The maximum absolute atomic E-state index is 5.53. The number of rotatable bonds is 3. The predicted molar refractivity (Wildman–Crippen MR) is 51.7 cm³/mol. The third kappa shape index (κ3) is 1.78. The number of nitrogens with two attached hydrogens (primary N) is 1. The molecule has 0 aliphatic carbocycles. The first-order chi connectivity index (χ1) is 6.81. The molecule has 0 aromatic carbocycles. The molecule has 5 heteroatoms. The summed E-state index contributed by atoms with van der Waals surface area (Å²) in [7, 11) is 2.09. The van der Waals surface area contributed by atoms with Crippen LogP contribution in [0.25, 0.3) is 0 Å². The van der Waals surface area contributed by atoms with Gasteiger partial charge < -0.3 is 10.2 Å². The Bertz CT molecular complexity index is 299. The molecule has 0 saturated carbocycles. The van der Waals surface area contributed by atoms with E-state index in [9.17, 15) is 0 Å². The summed E-state index contributed by atoms with van der Waals surface area (Å²) in [6.07, 6.45) is 2.99. The lowest BCUT2D eigenvalue weighted by Crippen LogP contribution is -2.17. The predicted octanol–water partition coefficient (Wildman–Crippen LogP) is 0.338. The van der Waals surface area contributed by atoms with Crippen LogP contribution in [-0.2, 0) is 6.42 Å². The van der Waals surface area contributed by atoms with E-state index in [0.717, 1.165) is 18.9 Å². The molecule has 5 nitrogen and oxygen atoms in total. The lowest BCUT2D eigenvalue weighted by Gasteiger charge is -2.14. The second-order valence-electron chi connectivity index (χ2n) is 3.71. The van der Waals surface area contributed by atoms with Gasteiger partial charge in [0.15, 0.2) is 0 Å². The highest BCUT2D eigenvalue weighted by Crippen LogP contribution is 2.29. The van der Waals surface area contributed by atoms with Crippen molar-refractivity contribution in [2.75, 3.05) is 20.1 Å². The molecule has 1 aliphatic heterocycles. The highest BCUT2D eigenvalue weighted by molar-refractivity contribution is 4.93. The monoisotopic (exact) mass is 196 g/mol. The van der Waals surface area contributed by atoms with Crippen LogP contribution in [0.4, 0.5) is 0 Å². The van der Waals surface area contributed by atoms with Crippen LogP contribution in [0.2, 0.25) is 0 Å². The smallest absolute Gasteiger partial charge is 0.233 e. The molecule has 0 spiro atoms. The Morgan fingerprint density at radius 3 is 3.07 bits per heavy atom. The van der Waals surface area contributed by atoms with E-state index in [1.165, 1.54) is 6.42 Å². The first-order valence-electron chi connectivity index (χ1n) is 5.04. The van der Waals surface area contributed by atoms with Gasteiger partial charge in [0.1, 0.15) is 0 Å². The molecule has 78 valence electrons. The molecular formula is C9H16N4O. The minimum Gasteiger partial charge on any atom is -0.424 e. The van der Waals surface area contributed by atoms with E-state index < -0.39 is 0 Å². The van der Waals surface area contributed by atoms with Crippen molar-refractivity contribution in [3.05, 3.63) is 11.8 Å². The molecule has 2 heterocycles. The number of nitrogens with zero attached hydrogens (tertiary/aromatic N) is 3. The van der Waals surface area contributed by atoms with Crippen LogP contribution in [0.15, 0.2) is 4.42 Å². The fourth-order valence-corrected chi connectivity index (χ4v) is 1.85. The Morgan fingerprint density at radius 1 is 1.57 bits per heavy atom. The summed E-state index contributed by atoms with van der Waals surface area (Å²) in [6.45, 7) is 1.67. The summed E-state index contributed by atoms with van der Waals surface area (Å²) in [5, 5.41) is 8.01. The van der Waals surface area contributed by atoms with Gasteiger partial charge in [0.2, 0.25) is 11.8 Å². The number of likely N-dealkylation sites (tertiary alicyclic amines) is 1. The molecule has 2 rings (SSSR count). The lowest BCUT2D eigenvalue weighted by atomic mass is 10.2. The Hall–Kier alpha value is -0.940. The molecule has 14 heavy (non-hydrogen) atoms. The topological polar surface area (TPSA) is 68.2 Å². The minimum atomic E-state index is 0.314. The average molecular weight is 196 g/mol. The molecule has 1 atom stereocenters. The van der Waals surface area contributed by atoms with Gasteiger partial charge in [-0.05, 0) is 26.4 Å². The Balaban J connectivity index is 2.08. The van der Waals surface area contributed by atoms with Crippen LogP contribution in [0, 0.1) is 0 Å². The van der Waals surface area contributed by atoms with E-state index in [2.05, 4.69) is 22.1 Å². The largest absolute Gasteiger partial charge is 0.424 e. The molecule has 0 amide bonds. The molecule has 1 aliphatic rings. The fourth-order valence-electron chi connectivity index (χ4n) is 1.85.